The van der Waals surface area contributed by atoms with Gasteiger partial charge in [0, 0.05) is 12.1 Å². The summed E-state index contributed by atoms with van der Waals surface area (Å²) in [6, 6.07) is 5.79. The molecule has 7 heteroatoms. The molecule has 1 heterocycles. The summed E-state index contributed by atoms with van der Waals surface area (Å²) in [6.45, 7) is 1.82. The Balaban J connectivity index is 2.47. The van der Waals surface area contributed by atoms with Gasteiger partial charge in [-0.3, -0.25) is 10.1 Å². The van der Waals surface area contributed by atoms with E-state index in [0.717, 1.165) is 0 Å². The molecular weight excluding hydrogens is 250 g/mol. The molecule has 1 aromatic carbocycles. The number of aromatic nitrogens is 2. The molecule has 0 fully saturated rings. The first-order valence-corrected chi connectivity index (χ1v) is 5.59. The van der Waals surface area contributed by atoms with Crippen molar-refractivity contribution in [2.24, 2.45) is 0 Å². The molecule has 0 aliphatic carbocycles. The zero-order chi connectivity index (χ0) is 14.0. The topological polar surface area (TPSA) is 98.3 Å². The van der Waals surface area contributed by atoms with E-state index in [9.17, 15) is 14.9 Å². The van der Waals surface area contributed by atoms with E-state index in [2.05, 4.69) is 5.10 Å². The summed E-state index contributed by atoms with van der Waals surface area (Å²) in [4.78, 5) is 21.1. The third kappa shape index (κ3) is 2.30. The van der Waals surface area contributed by atoms with Crippen LogP contribution in [0.25, 0.3) is 5.69 Å². The number of benzene rings is 1. The summed E-state index contributed by atoms with van der Waals surface area (Å²) in [5, 5.41) is 23.6. The number of carbonyl (C=O) groups is 1. The Morgan fingerprint density at radius 2 is 2.05 bits per heavy atom. The summed E-state index contributed by atoms with van der Waals surface area (Å²) >= 11 is 0. The number of aromatic carboxylic acids is 1. The highest BCUT2D eigenvalue weighted by molar-refractivity contribution is 5.88. The van der Waals surface area contributed by atoms with E-state index in [1.165, 1.54) is 35.1 Å². The second kappa shape index (κ2) is 4.89. The van der Waals surface area contributed by atoms with Crippen LogP contribution in [0.2, 0.25) is 0 Å². The lowest BCUT2D eigenvalue weighted by Crippen LogP contribution is -2.05. The highest BCUT2D eigenvalue weighted by Crippen LogP contribution is 2.18. The maximum absolute atomic E-state index is 11.0. The maximum Gasteiger partial charge on any atom is 0.339 e. The maximum atomic E-state index is 11.0. The van der Waals surface area contributed by atoms with E-state index in [-0.39, 0.29) is 11.3 Å². The number of hydrogen-bond donors (Lipinski definition) is 1. The number of carboxylic acid groups (broad SMARTS) is 1. The quantitative estimate of drug-likeness (QED) is 0.670. The SMILES string of the molecule is CCc1c(C(=O)O)cnn1-c1ccc([N+](=O)[O-])cc1. The van der Waals surface area contributed by atoms with Gasteiger partial charge in [-0.05, 0) is 18.6 Å². The molecule has 19 heavy (non-hydrogen) atoms. The first kappa shape index (κ1) is 12.7. The third-order valence-electron chi connectivity index (χ3n) is 2.74. The highest BCUT2D eigenvalue weighted by Gasteiger charge is 2.16. The van der Waals surface area contributed by atoms with Gasteiger partial charge in [-0.25, -0.2) is 9.48 Å². The highest BCUT2D eigenvalue weighted by atomic mass is 16.6. The molecular formula is C12H11N3O4. The van der Waals surface area contributed by atoms with Crippen LogP contribution in [0.5, 0.6) is 0 Å². The van der Waals surface area contributed by atoms with Gasteiger partial charge < -0.3 is 5.11 Å². The first-order valence-electron chi connectivity index (χ1n) is 5.59. The van der Waals surface area contributed by atoms with Gasteiger partial charge in [-0.1, -0.05) is 6.92 Å². The van der Waals surface area contributed by atoms with Crippen LogP contribution in [0.15, 0.2) is 30.5 Å². The van der Waals surface area contributed by atoms with Crippen LogP contribution in [-0.2, 0) is 6.42 Å². The van der Waals surface area contributed by atoms with E-state index in [1.54, 1.807) is 0 Å². The van der Waals surface area contributed by atoms with Crippen LogP contribution < -0.4 is 0 Å². The minimum absolute atomic E-state index is 0.0209. The van der Waals surface area contributed by atoms with Gasteiger partial charge in [0.05, 0.1) is 22.5 Å². The second-order valence-electron chi connectivity index (χ2n) is 3.85. The molecule has 1 N–H and O–H groups in total. The molecule has 0 saturated carbocycles. The van der Waals surface area contributed by atoms with Crippen molar-refractivity contribution in [2.45, 2.75) is 13.3 Å². The predicted octanol–water partition coefficient (Wildman–Crippen LogP) is 2.04. The van der Waals surface area contributed by atoms with Crippen LogP contribution in [0, 0.1) is 10.1 Å². The Morgan fingerprint density at radius 3 is 2.53 bits per heavy atom. The molecule has 0 atom stereocenters. The van der Waals surface area contributed by atoms with E-state index in [4.69, 9.17) is 5.11 Å². The standard InChI is InChI=1S/C12H11N3O4/c1-2-11-10(12(16)17)7-13-14(11)8-3-5-9(6-4-8)15(18)19/h3-7H,2H2,1H3,(H,16,17). The molecule has 7 nitrogen and oxygen atoms in total. The molecule has 2 aromatic rings. The lowest BCUT2D eigenvalue weighted by atomic mass is 10.2. The van der Waals surface area contributed by atoms with Gasteiger partial charge in [-0.2, -0.15) is 5.10 Å². The third-order valence-corrected chi connectivity index (χ3v) is 2.74. The fourth-order valence-electron chi connectivity index (χ4n) is 1.83. The smallest absolute Gasteiger partial charge is 0.339 e. The number of non-ortho nitro benzene ring substituents is 1. The summed E-state index contributed by atoms with van der Waals surface area (Å²) in [5.41, 5.74) is 1.27. The number of hydrogen-bond acceptors (Lipinski definition) is 4. The summed E-state index contributed by atoms with van der Waals surface area (Å²) in [6.07, 6.45) is 1.78. The Labute approximate surface area is 108 Å². The average molecular weight is 261 g/mol. The largest absolute Gasteiger partial charge is 0.478 e. The monoisotopic (exact) mass is 261 g/mol. The zero-order valence-electron chi connectivity index (χ0n) is 10.1. The van der Waals surface area contributed by atoms with Crippen molar-refractivity contribution in [3.8, 4) is 5.69 Å². The Hall–Kier alpha value is -2.70. The summed E-state index contributed by atoms with van der Waals surface area (Å²) < 4.78 is 1.48. The van der Waals surface area contributed by atoms with Crippen molar-refractivity contribution in [1.29, 1.82) is 0 Å². The fourth-order valence-corrected chi connectivity index (χ4v) is 1.83. The predicted molar refractivity (Wildman–Crippen MR) is 66.6 cm³/mol. The molecule has 1 aromatic heterocycles. The normalized spacial score (nSPS) is 10.4. The van der Waals surface area contributed by atoms with Gasteiger partial charge in [0.15, 0.2) is 0 Å². The summed E-state index contributed by atoms with van der Waals surface area (Å²) in [5.74, 6) is -1.04. The van der Waals surface area contributed by atoms with Gasteiger partial charge >= 0.3 is 5.97 Å². The van der Waals surface area contributed by atoms with Crippen molar-refractivity contribution >= 4 is 11.7 Å². The van der Waals surface area contributed by atoms with Crippen LogP contribution >= 0.6 is 0 Å². The van der Waals surface area contributed by atoms with Crippen molar-refractivity contribution in [3.05, 3.63) is 51.8 Å². The lowest BCUT2D eigenvalue weighted by molar-refractivity contribution is -0.384. The number of carboxylic acids is 1. The molecule has 0 unspecified atom stereocenters. The van der Waals surface area contributed by atoms with Crippen LogP contribution in [0.4, 0.5) is 5.69 Å². The minimum atomic E-state index is -1.04. The average Bonchev–Trinajstić information content (AvgIpc) is 2.82. The number of nitro benzene ring substituents is 1. The van der Waals surface area contributed by atoms with Crippen molar-refractivity contribution in [3.63, 3.8) is 0 Å². The van der Waals surface area contributed by atoms with E-state index in [0.29, 0.717) is 17.8 Å². The molecule has 0 aliphatic heterocycles. The van der Waals surface area contributed by atoms with Crippen molar-refractivity contribution < 1.29 is 14.8 Å². The Bertz CT molecular complexity index is 631. The van der Waals surface area contributed by atoms with Gasteiger partial charge in [0.2, 0.25) is 0 Å². The van der Waals surface area contributed by atoms with E-state index < -0.39 is 10.9 Å². The summed E-state index contributed by atoms with van der Waals surface area (Å²) in [7, 11) is 0. The van der Waals surface area contributed by atoms with E-state index in [1.807, 2.05) is 6.92 Å². The van der Waals surface area contributed by atoms with Crippen LogP contribution in [-0.4, -0.2) is 25.8 Å². The van der Waals surface area contributed by atoms with Gasteiger partial charge in [-0.15, -0.1) is 0 Å². The van der Waals surface area contributed by atoms with E-state index >= 15 is 0 Å². The number of rotatable bonds is 4. The molecule has 98 valence electrons. The minimum Gasteiger partial charge on any atom is -0.478 e. The Kier molecular flexibility index (Phi) is 3.28. The van der Waals surface area contributed by atoms with Gasteiger partial charge in [0.1, 0.15) is 5.56 Å². The molecule has 2 rings (SSSR count). The number of nitrogens with zero attached hydrogens (tertiary/aromatic N) is 3. The molecule has 0 bridgehead atoms. The first-order chi connectivity index (χ1) is 9.04. The molecule has 0 saturated heterocycles. The molecule has 0 spiro atoms. The van der Waals surface area contributed by atoms with Crippen molar-refractivity contribution in [2.75, 3.05) is 0 Å². The zero-order valence-corrected chi connectivity index (χ0v) is 10.1. The molecule has 0 radical (unpaired) electrons. The lowest BCUT2D eigenvalue weighted by Gasteiger charge is -2.06. The molecule has 0 aliphatic rings. The Morgan fingerprint density at radius 1 is 1.42 bits per heavy atom. The van der Waals surface area contributed by atoms with Crippen molar-refractivity contribution in [1.82, 2.24) is 9.78 Å². The van der Waals surface area contributed by atoms with Crippen LogP contribution in [0.3, 0.4) is 0 Å². The second-order valence-corrected chi connectivity index (χ2v) is 3.85. The van der Waals surface area contributed by atoms with Gasteiger partial charge in [0.25, 0.3) is 5.69 Å². The number of nitro groups is 1. The van der Waals surface area contributed by atoms with Crippen LogP contribution in [0.1, 0.15) is 23.0 Å². The fraction of sp³-hybridized carbons (Fsp3) is 0.167. The molecule has 0 amide bonds.